The van der Waals surface area contributed by atoms with E-state index in [1.807, 2.05) is 5.43 Å². The second-order valence-corrected chi connectivity index (χ2v) is 7.49. The average molecular weight is 477 g/mol. The van der Waals surface area contributed by atoms with Crippen molar-refractivity contribution in [1.82, 2.24) is 15.4 Å². The molecule has 1 amide bonds. The number of pyridine rings is 1. The molecule has 0 radical (unpaired) electrons. The molecule has 1 unspecified atom stereocenters. The summed E-state index contributed by atoms with van der Waals surface area (Å²) in [6, 6.07) is 12.6. The van der Waals surface area contributed by atoms with E-state index in [2.05, 4.69) is 4.98 Å². The Hall–Kier alpha value is -3.86. The van der Waals surface area contributed by atoms with Gasteiger partial charge in [0.1, 0.15) is 17.2 Å². The zero-order valence-electron chi connectivity index (χ0n) is 18.0. The molecule has 4 rings (SSSR count). The van der Waals surface area contributed by atoms with Gasteiger partial charge < -0.3 is 14.6 Å². The van der Waals surface area contributed by atoms with Crippen molar-refractivity contribution in [2.45, 2.75) is 18.6 Å². The van der Waals surface area contributed by atoms with E-state index in [-0.39, 0.29) is 21.7 Å². The first-order chi connectivity index (χ1) is 16.2. The lowest BCUT2D eigenvalue weighted by atomic mass is 10.0. The van der Waals surface area contributed by atoms with Crippen LogP contribution in [0.3, 0.4) is 0 Å². The maximum absolute atomic E-state index is 13.7. The molecule has 0 aliphatic carbocycles. The van der Waals surface area contributed by atoms with Gasteiger partial charge in [0.2, 0.25) is 5.72 Å². The summed E-state index contributed by atoms with van der Waals surface area (Å²) in [4.78, 5) is 18.0. The summed E-state index contributed by atoms with van der Waals surface area (Å²) >= 11 is 0. The second kappa shape index (κ2) is 8.82. The van der Waals surface area contributed by atoms with Gasteiger partial charge in [-0.1, -0.05) is 18.2 Å². The Morgan fingerprint density at radius 2 is 1.88 bits per heavy atom. The van der Waals surface area contributed by atoms with Crippen molar-refractivity contribution in [2.75, 3.05) is 14.2 Å². The number of hydrogen-bond donors (Lipinski definition) is 2. The van der Waals surface area contributed by atoms with Gasteiger partial charge in [-0.15, -0.1) is 0 Å². The quantitative estimate of drug-likeness (QED) is 0.533. The number of hydrogen-bond acceptors (Lipinski definition) is 6. The maximum atomic E-state index is 13.7. The van der Waals surface area contributed by atoms with Crippen LogP contribution in [0.5, 0.6) is 11.5 Å². The van der Waals surface area contributed by atoms with Crippen molar-refractivity contribution in [2.24, 2.45) is 0 Å². The number of nitrogens with zero attached hydrogens (tertiary/aromatic N) is 2. The van der Waals surface area contributed by atoms with E-state index >= 15 is 0 Å². The normalized spacial score (nSPS) is 17.8. The SMILES string of the molecule is COc1ccc(OC)c(-c2cc(C(=O)N3NC(=C(F)F)CC3(O)C(F)F)c3ccccc3n2)c1. The lowest BCUT2D eigenvalue weighted by Gasteiger charge is -2.31. The van der Waals surface area contributed by atoms with Crippen LogP contribution >= 0.6 is 0 Å². The number of alkyl halides is 2. The number of halogens is 4. The number of nitrogens with one attached hydrogen (secondary N) is 1. The molecular weight excluding hydrogens is 458 g/mol. The minimum atomic E-state index is -3.52. The van der Waals surface area contributed by atoms with E-state index in [0.717, 1.165) is 0 Å². The Balaban J connectivity index is 1.92. The molecule has 0 saturated carbocycles. The molecule has 7 nitrogen and oxygen atoms in total. The molecule has 1 saturated heterocycles. The molecule has 3 aromatic rings. The summed E-state index contributed by atoms with van der Waals surface area (Å²) in [7, 11) is 2.91. The number of hydrazine groups is 1. The van der Waals surface area contributed by atoms with E-state index in [9.17, 15) is 27.5 Å². The molecule has 2 aromatic carbocycles. The van der Waals surface area contributed by atoms with Gasteiger partial charge in [-0.05, 0) is 30.3 Å². The van der Waals surface area contributed by atoms with Gasteiger partial charge in [0.25, 0.3) is 18.4 Å². The number of benzene rings is 2. The van der Waals surface area contributed by atoms with Crippen LogP contribution in [0.4, 0.5) is 17.6 Å². The van der Waals surface area contributed by atoms with Gasteiger partial charge >= 0.3 is 0 Å². The molecule has 11 heteroatoms. The Morgan fingerprint density at radius 3 is 2.53 bits per heavy atom. The van der Waals surface area contributed by atoms with Crippen LogP contribution in [0.15, 0.2) is 60.3 Å². The number of carbonyl (C=O) groups excluding carboxylic acids is 1. The molecule has 34 heavy (non-hydrogen) atoms. The third kappa shape index (κ3) is 3.87. The van der Waals surface area contributed by atoms with Crippen LogP contribution in [0.25, 0.3) is 22.2 Å². The number of amides is 1. The predicted molar refractivity (Wildman–Crippen MR) is 114 cm³/mol. The first kappa shape index (κ1) is 23.3. The highest BCUT2D eigenvalue weighted by atomic mass is 19.3. The number of ether oxygens (including phenoxy) is 2. The number of para-hydroxylation sites is 1. The van der Waals surface area contributed by atoms with Gasteiger partial charge in [-0.25, -0.2) is 18.8 Å². The fourth-order valence-corrected chi connectivity index (χ4v) is 3.75. The van der Waals surface area contributed by atoms with Crippen molar-refractivity contribution in [3.05, 3.63) is 65.9 Å². The fraction of sp³-hybridized carbons (Fsp3) is 0.217. The second-order valence-electron chi connectivity index (χ2n) is 7.49. The van der Waals surface area contributed by atoms with Crippen LogP contribution in [-0.2, 0) is 0 Å². The molecule has 1 fully saturated rings. The van der Waals surface area contributed by atoms with Gasteiger partial charge in [0.15, 0.2) is 0 Å². The van der Waals surface area contributed by atoms with Crippen molar-refractivity contribution >= 4 is 16.8 Å². The van der Waals surface area contributed by atoms with Crippen molar-refractivity contribution in [3.8, 4) is 22.8 Å². The molecule has 1 atom stereocenters. The van der Waals surface area contributed by atoms with E-state index < -0.39 is 36.3 Å². The van der Waals surface area contributed by atoms with Gasteiger partial charge in [0, 0.05) is 10.9 Å². The Labute approximate surface area is 191 Å². The lowest BCUT2D eigenvalue weighted by Crippen LogP contribution is -2.55. The van der Waals surface area contributed by atoms with E-state index in [1.165, 1.54) is 26.4 Å². The molecule has 1 aliphatic rings. The van der Waals surface area contributed by atoms with Gasteiger partial charge in [-0.3, -0.25) is 10.2 Å². The summed E-state index contributed by atoms with van der Waals surface area (Å²) in [6.07, 6.45) is -6.99. The van der Waals surface area contributed by atoms with Crippen LogP contribution in [0, 0.1) is 0 Å². The molecule has 1 aromatic heterocycles. The molecule has 1 aliphatic heterocycles. The summed E-state index contributed by atoms with van der Waals surface area (Å²) < 4.78 is 64.4. The number of methoxy groups -OCH3 is 2. The molecule has 0 bridgehead atoms. The molecule has 2 N–H and O–H groups in total. The van der Waals surface area contributed by atoms with E-state index in [1.54, 1.807) is 36.4 Å². The number of fused-ring (bicyclic) bond motifs is 1. The summed E-state index contributed by atoms with van der Waals surface area (Å²) in [5, 5.41) is 10.9. The smallest absolute Gasteiger partial charge is 0.291 e. The van der Waals surface area contributed by atoms with Crippen LogP contribution in [0.2, 0.25) is 0 Å². The number of rotatable bonds is 5. The number of aliphatic hydroxyl groups is 1. The highest BCUT2D eigenvalue weighted by molar-refractivity contribution is 6.07. The third-order valence-corrected chi connectivity index (χ3v) is 5.48. The minimum Gasteiger partial charge on any atom is -0.497 e. The molecule has 2 heterocycles. The average Bonchev–Trinajstić information content (AvgIpc) is 3.21. The summed E-state index contributed by atoms with van der Waals surface area (Å²) in [6.45, 7) is 0. The standard InChI is InChI=1S/C23H19F4N3O4/c1-33-12-7-8-19(34-2)15(9-12)17-10-14(13-5-3-4-6-16(13)28-17)21(31)30-23(32,22(26)27)11-18(29-30)20(24)25/h3-10,22,29,32H,11H2,1-2H3. The monoisotopic (exact) mass is 477 g/mol. The fourth-order valence-electron chi connectivity index (χ4n) is 3.75. The Morgan fingerprint density at radius 1 is 1.15 bits per heavy atom. The molecule has 0 spiro atoms. The summed E-state index contributed by atoms with van der Waals surface area (Å²) in [5.41, 5.74) is -1.32. The van der Waals surface area contributed by atoms with Gasteiger partial charge in [0.05, 0.1) is 37.4 Å². The van der Waals surface area contributed by atoms with Crippen LogP contribution < -0.4 is 14.9 Å². The first-order valence-electron chi connectivity index (χ1n) is 9.97. The minimum absolute atomic E-state index is 0.139. The maximum Gasteiger partial charge on any atom is 0.291 e. The van der Waals surface area contributed by atoms with Crippen molar-refractivity contribution in [1.29, 1.82) is 0 Å². The Kier molecular flexibility index (Phi) is 6.05. The van der Waals surface area contributed by atoms with Crippen molar-refractivity contribution in [3.63, 3.8) is 0 Å². The lowest BCUT2D eigenvalue weighted by molar-refractivity contribution is -0.168. The molecular formula is C23H19F4N3O4. The zero-order chi connectivity index (χ0) is 24.6. The number of carbonyl (C=O) groups is 1. The largest absolute Gasteiger partial charge is 0.497 e. The first-order valence-corrected chi connectivity index (χ1v) is 9.97. The predicted octanol–water partition coefficient (Wildman–Crippen LogP) is 4.33. The van der Waals surface area contributed by atoms with Gasteiger partial charge in [-0.2, -0.15) is 8.78 Å². The zero-order valence-corrected chi connectivity index (χ0v) is 18.0. The third-order valence-electron chi connectivity index (χ3n) is 5.48. The topological polar surface area (TPSA) is 83.9 Å². The van der Waals surface area contributed by atoms with Crippen LogP contribution in [-0.4, -0.2) is 47.4 Å². The highest BCUT2D eigenvalue weighted by Crippen LogP contribution is 2.38. The number of aromatic nitrogens is 1. The van der Waals surface area contributed by atoms with Crippen LogP contribution in [0.1, 0.15) is 16.8 Å². The highest BCUT2D eigenvalue weighted by Gasteiger charge is 2.53. The molecule has 178 valence electrons. The summed E-state index contributed by atoms with van der Waals surface area (Å²) in [5.74, 6) is -0.268. The van der Waals surface area contributed by atoms with Crippen molar-refractivity contribution < 1.29 is 36.9 Å². The van der Waals surface area contributed by atoms with E-state index in [0.29, 0.717) is 22.6 Å². The Bertz CT molecular complexity index is 1300. The van der Waals surface area contributed by atoms with E-state index in [4.69, 9.17) is 9.47 Å².